The molecule has 7 heteroatoms. The lowest BCUT2D eigenvalue weighted by Crippen LogP contribution is -2.65. The summed E-state index contributed by atoms with van der Waals surface area (Å²) in [6.45, 7) is 3.48. The number of fused-ring (bicyclic) bond motifs is 3. The fourth-order valence-electron chi connectivity index (χ4n) is 5.35. The van der Waals surface area contributed by atoms with Crippen molar-refractivity contribution >= 4 is 22.7 Å². The third-order valence-electron chi connectivity index (χ3n) is 7.23. The lowest BCUT2D eigenvalue weighted by Gasteiger charge is -2.45. The fraction of sp³-hybridized carbons (Fsp3) is 0.583. The average molecular weight is 426 g/mol. The Morgan fingerprint density at radius 3 is 2.74 bits per heavy atom. The van der Waals surface area contributed by atoms with E-state index in [9.17, 15) is 9.59 Å². The van der Waals surface area contributed by atoms with Crippen molar-refractivity contribution in [2.45, 2.75) is 69.7 Å². The molecule has 2 unspecified atom stereocenters. The Kier molecular flexibility index (Phi) is 5.16. The van der Waals surface area contributed by atoms with Crippen molar-refractivity contribution in [1.82, 2.24) is 14.8 Å². The van der Waals surface area contributed by atoms with E-state index in [4.69, 9.17) is 9.47 Å². The summed E-state index contributed by atoms with van der Waals surface area (Å²) >= 11 is 0. The van der Waals surface area contributed by atoms with E-state index in [2.05, 4.69) is 5.32 Å². The molecule has 1 saturated heterocycles. The zero-order chi connectivity index (χ0) is 21.6. The van der Waals surface area contributed by atoms with Gasteiger partial charge < -0.3 is 24.3 Å². The van der Waals surface area contributed by atoms with Gasteiger partial charge in [-0.1, -0.05) is 12.8 Å². The Morgan fingerprint density at radius 2 is 2.03 bits per heavy atom. The van der Waals surface area contributed by atoms with Crippen molar-refractivity contribution in [1.29, 1.82) is 0 Å². The van der Waals surface area contributed by atoms with Crippen molar-refractivity contribution in [2.24, 2.45) is 0 Å². The maximum atomic E-state index is 13.7. The molecule has 31 heavy (non-hydrogen) atoms. The molecule has 3 heterocycles. The monoisotopic (exact) mass is 425 g/mol. The lowest BCUT2D eigenvalue weighted by molar-refractivity contribution is -0.134. The summed E-state index contributed by atoms with van der Waals surface area (Å²) in [5.74, 6) is 0.557. The molecule has 1 saturated carbocycles. The van der Waals surface area contributed by atoms with Crippen LogP contribution in [0.5, 0.6) is 5.75 Å². The van der Waals surface area contributed by atoms with E-state index >= 15 is 0 Å². The Balaban J connectivity index is 1.55. The van der Waals surface area contributed by atoms with Crippen molar-refractivity contribution in [3.05, 3.63) is 30.0 Å². The SMILES string of the molecule is COc1ccc2cc3n(c2c1)CC(C)(C(=O)NC1CCCC1)N(CC1CCCO1)C3=O. The first-order valence-electron chi connectivity index (χ1n) is 11.4. The van der Waals surface area contributed by atoms with Crippen LogP contribution in [0.3, 0.4) is 0 Å². The van der Waals surface area contributed by atoms with Crippen molar-refractivity contribution in [2.75, 3.05) is 20.3 Å². The van der Waals surface area contributed by atoms with Gasteiger partial charge in [0.1, 0.15) is 17.0 Å². The summed E-state index contributed by atoms with van der Waals surface area (Å²) < 4.78 is 13.2. The third kappa shape index (κ3) is 3.49. The van der Waals surface area contributed by atoms with Gasteiger partial charge in [0.2, 0.25) is 5.91 Å². The van der Waals surface area contributed by atoms with Crippen molar-refractivity contribution in [3.63, 3.8) is 0 Å². The van der Waals surface area contributed by atoms with Gasteiger partial charge in [-0.3, -0.25) is 9.59 Å². The molecular formula is C24H31N3O4. The maximum Gasteiger partial charge on any atom is 0.271 e. The molecule has 3 aliphatic rings. The Bertz CT molecular complexity index is 1000. The number of methoxy groups -OCH3 is 1. The van der Waals surface area contributed by atoms with Gasteiger partial charge in [-0.25, -0.2) is 0 Å². The zero-order valence-corrected chi connectivity index (χ0v) is 18.4. The average Bonchev–Trinajstić information content (AvgIpc) is 3.52. The first-order valence-corrected chi connectivity index (χ1v) is 11.4. The molecule has 0 radical (unpaired) electrons. The van der Waals surface area contributed by atoms with E-state index in [1.54, 1.807) is 12.0 Å². The van der Waals surface area contributed by atoms with Crippen LogP contribution >= 0.6 is 0 Å². The first kappa shape index (κ1) is 20.4. The van der Waals surface area contributed by atoms with E-state index in [-0.39, 0.29) is 24.0 Å². The predicted molar refractivity (Wildman–Crippen MR) is 117 cm³/mol. The number of ether oxygens (including phenoxy) is 2. The summed E-state index contributed by atoms with van der Waals surface area (Å²) in [6, 6.07) is 7.93. The minimum Gasteiger partial charge on any atom is -0.497 e. The van der Waals surface area contributed by atoms with Crippen molar-refractivity contribution < 1.29 is 19.1 Å². The number of carbonyl (C=O) groups excluding carboxylic acids is 2. The molecule has 2 atom stereocenters. The molecule has 0 bridgehead atoms. The molecule has 2 amide bonds. The van der Waals surface area contributed by atoms with Crippen LogP contribution < -0.4 is 10.1 Å². The van der Waals surface area contributed by atoms with Crippen LogP contribution in [0.2, 0.25) is 0 Å². The van der Waals surface area contributed by atoms with Gasteiger partial charge >= 0.3 is 0 Å². The third-order valence-corrected chi connectivity index (χ3v) is 7.23. The van der Waals surface area contributed by atoms with Crippen LogP contribution in [0.1, 0.15) is 55.9 Å². The van der Waals surface area contributed by atoms with Crippen LogP contribution in [0.4, 0.5) is 0 Å². The van der Waals surface area contributed by atoms with Crippen LogP contribution in [0, 0.1) is 0 Å². The highest BCUT2D eigenvalue weighted by Crippen LogP contribution is 2.35. The molecule has 166 valence electrons. The van der Waals surface area contributed by atoms with Gasteiger partial charge in [0.25, 0.3) is 5.91 Å². The topological polar surface area (TPSA) is 72.8 Å². The van der Waals surface area contributed by atoms with Gasteiger partial charge in [-0.05, 0) is 50.8 Å². The van der Waals surface area contributed by atoms with Gasteiger partial charge in [0.05, 0.1) is 25.3 Å². The van der Waals surface area contributed by atoms with Gasteiger partial charge in [-0.2, -0.15) is 0 Å². The number of nitrogens with one attached hydrogen (secondary N) is 1. The van der Waals surface area contributed by atoms with Crippen LogP contribution in [0.15, 0.2) is 24.3 Å². The fourth-order valence-corrected chi connectivity index (χ4v) is 5.35. The van der Waals surface area contributed by atoms with E-state index in [0.717, 1.165) is 61.8 Å². The minimum atomic E-state index is -0.979. The molecular weight excluding hydrogens is 394 g/mol. The van der Waals surface area contributed by atoms with E-state index in [1.807, 2.05) is 35.8 Å². The van der Waals surface area contributed by atoms with E-state index in [1.165, 1.54) is 0 Å². The normalized spacial score (nSPS) is 26.5. The summed E-state index contributed by atoms with van der Waals surface area (Å²) in [7, 11) is 1.63. The second-order valence-electron chi connectivity index (χ2n) is 9.32. The number of benzene rings is 1. The number of aromatic nitrogens is 1. The number of carbonyl (C=O) groups is 2. The molecule has 1 aromatic heterocycles. The molecule has 5 rings (SSSR count). The van der Waals surface area contributed by atoms with E-state index in [0.29, 0.717) is 18.8 Å². The van der Waals surface area contributed by atoms with Gasteiger partial charge in [0.15, 0.2) is 0 Å². The molecule has 2 fully saturated rings. The highest BCUT2D eigenvalue weighted by atomic mass is 16.5. The number of nitrogens with zero attached hydrogens (tertiary/aromatic N) is 2. The summed E-state index contributed by atoms with van der Waals surface area (Å²) in [5, 5.41) is 4.22. The maximum absolute atomic E-state index is 13.7. The summed E-state index contributed by atoms with van der Waals surface area (Å²) in [6.07, 6.45) is 6.21. The first-order chi connectivity index (χ1) is 15.0. The summed E-state index contributed by atoms with van der Waals surface area (Å²) in [5.41, 5.74) is 0.556. The molecule has 2 aromatic rings. The largest absolute Gasteiger partial charge is 0.497 e. The lowest BCUT2D eigenvalue weighted by atomic mass is 9.93. The second kappa shape index (κ2) is 7.86. The number of amides is 2. The van der Waals surface area contributed by atoms with Crippen LogP contribution in [0.25, 0.3) is 10.9 Å². The predicted octanol–water partition coefficient (Wildman–Crippen LogP) is 3.10. The Hall–Kier alpha value is -2.54. The van der Waals surface area contributed by atoms with Crippen molar-refractivity contribution in [3.8, 4) is 5.75 Å². The van der Waals surface area contributed by atoms with Gasteiger partial charge in [-0.15, -0.1) is 0 Å². The standard InChI is InChI=1S/C24H31N3O4/c1-24(23(29)25-17-6-3-4-7-17)15-26-20-13-18(30-2)10-9-16(20)12-21(26)22(28)27(24)14-19-8-5-11-31-19/h9-10,12-13,17,19H,3-8,11,14-15H2,1-2H3,(H,25,29). The molecule has 1 aliphatic carbocycles. The van der Waals surface area contributed by atoms with Gasteiger partial charge in [0, 0.05) is 30.6 Å². The second-order valence-corrected chi connectivity index (χ2v) is 9.32. The molecule has 1 N–H and O–H groups in total. The van der Waals surface area contributed by atoms with Crippen LogP contribution in [-0.4, -0.2) is 59.2 Å². The van der Waals surface area contributed by atoms with Crippen LogP contribution in [-0.2, 0) is 16.1 Å². The minimum absolute atomic E-state index is 0.0152. The molecule has 0 spiro atoms. The number of hydrogen-bond donors (Lipinski definition) is 1. The molecule has 7 nitrogen and oxygen atoms in total. The Labute approximate surface area is 182 Å². The smallest absolute Gasteiger partial charge is 0.271 e. The summed E-state index contributed by atoms with van der Waals surface area (Å²) in [4.78, 5) is 29.1. The Morgan fingerprint density at radius 1 is 1.23 bits per heavy atom. The zero-order valence-electron chi connectivity index (χ0n) is 18.4. The molecule has 1 aromatic carbocycles. The molecule has 2 aliphatic heterocycles. The quantitative estimate of drug-likeness (QED) is 0.799. The van der Waals surface area contributed by atoms with E-state index < -0.39 is 5.54 Å². The number of hydrogen-bond acceptors (Lipinski definition) is 4. The number of rotatable bonds is 5. The highest BCUT2D eigenvalue weighted by molar-refractivity contribution is 6.03. The highest BCUT2D eigenvalue weighted by Gasteiger charge is 2.49.